The van der Waals surface area contributed by atoms with E-state index in [-0.39, 0.29) is 5.91 Å². The highest BCUT2D eigenvalue weighted by molar-refractivity contribution is 5.95. The summed E-state index contributed by atoms with van der Waals surface area (Å²) >= 11 is 0. The lowest BCUT2D eigenvalue weighted by molar-refractivity contribution is -0.117. The SMILES string of the molecule is CCC[C@@H](N)C(=O)Nc1cc(C#N)ccc1C. The molecule has 4 nitrogen and oxygen atoms in total. The van der Waals surface area contributed by atoms with Crippen LogP contribution in [0.2, 0.25) is 0 Å². The van der Waals surface area contributed by atoms with Gasteiger partial charge in [0.25, 0.3) is 0 Å². The van der Waals surface area contributed by atoms with Gasteiger partial charge in [0.15, 0.2) is 0 Å². The third-order valence-corrected chi connectivity index (χ3v) is 2.56. The lowest BCUT2D eigenvalue weighted by atomic mass is 10.1. The molecule has 3 N–H and O–H groups in total. The normalized spacial score (nSPS) is 11.6. The molecule has 90 valence electrons. The summed E-state index contributed by atoms with van der Waals surface area (Å²) in [5, 5.41) is 11.5. The van der Waals surface area contributed by atoms with Crippen LogP contribution in [0, 0.1) is 18.3 Å². The van der Waals surface area contributed by atoms with Crippen LogP contribution in [0.3, 0.4) is 0 Å². The zero-order valence-electron chi connectivity index (χ0n) is 10.2. The molecule has 4 heteroatoms. The van der Waals surface area contributed by atoms with Gasteiger partial charge in [-0.1, -0.05) is 19.4 Å². The van der Waals surface area contributed by atoms with Crippen molar-refractivity contribution in [1.82, 2.24) is 0 Å². The minimum Gasteiger partial charge on any atom is -0.324 e. The van der Waals surface area contributed by atoms with Gasteiger partial charge in [0.2, 0.25) is 5.91 Å². The van der Waals surface area contributed by atoms with Gasteiger partial charge in [0, 0.05) is 5.69 Å². The van der Waals surface area contributed by atoms with Gasteiger partial charge in [-0.3, -0.25) is 4.79 Å². The molecule has 0 unspecified atom stereocenters. The topological polar surface area (TPSA) is 78.9 Å². The lowest BCUT2D eigenvalue weighted by Crippen LogP contribution is -2.35. The number of hydrogen-bond donors (Lipinski definition) is 2. The summed E-state index contributed by atoms with van der Waals surface area (Å²) < 4.78 is 0. The first-order valence-corrected chi connectivity index (χ1v) is 5.65. The zero-order valence-corrected chi connectivity index (χ0v) is 10.2. The maximum atomic E-state index is 11.7. The number of aryl methyl sites for hydroxylation is 1. The van der Waals surface area contributed by atoms with Crippen molar-refractivity contribution in [3.63, 3.8) is 0 Å². The highest BCUT2D eigenvalue weighted by Gasteiger charge is 2.13. The second-order valence-corrected chi connectivity index (χ2v) is 4.03. The number of carbonyl (C=O) groups excluding carboxylic acids is 1. The fourth-order valence-corrected chi connectivity index (χ4v) is 1.49. The molecule has 0 aliphatic rings. The number of rotatable bonds is 4. The van der Waals surface area contributed by atoms with Crippen LogP contribution < -0.4 is 11.1 Å². The Hall–Kier alpha value is -1.86. The van der Waals surface area contributed by atoms with Gasteiger partial charge >= 0.3 is 0 Å². The molecule has 0 heterocycles. The molecule has 17 heavy (non-hydrogen) atoms. The standard InChI is InChI=1S/C13H17N3O/c1-3-4-11(15)13(17)16-12-7-10(8-14)6-5-9(12)2/h5-7,11H,3-4,15H2,1-2H3,(H,16,17)/t11-/m1/s1. The van der Waals surface area contributed by atoms with Gasteiger partial charge in [-0.2, -0.15) is 5.26 Å². The van der Waals surface area contributed by atoms with Crippen molar-refractivity contribution in [3.05, 3.63) is 29.3 Å². The minimum atomic E-state index is -0.495. The summed E-state index contributed by atoms with van der Waals surface area (Å²) in [7, 11) is 0. The number of nitrogens with two attached hydrogens (primary N) is 1. The Balaban J connectivity index is 2.81. The lowest BCUT2D eigenvalue weighted by Gasteiger charge is -2.13. The van der Waals surface area contributed by atoms with E-state index in [1.165, 1.54) is 0 Å². The van der Waals surface area contributed by atoms with Crippen LogP contribution in [-0.2, 0) is 4.79 Å². The highest BCUT2D eigenvalue weighted by atomic mass is 16.2. The Bertz CT molecular complexity index is 448. The van der Waals surface area contributed by atoms with Crippen molar-refractivity contribution >= 4 is 11.6 Å². The molecule has 0 bridgehead atoms. The predicted molar refractivity (Wildman–Crippen MR) is 67.4 cm³/mol. The second-order valence-electron chi connectivity index (χ2n) is 4.03. The first kappa shape index (κ1) is 13.2. The number of hydrogen-bond acceptors (Lipinski definition) is 3. The van der Waals surface area contributed by atoms with E-state index in [1.54, 1.807) is 18.2 Å². The van der Waals surface area contributed by atoms with Crippen LogP contribution in [0.15, 0.2) is 18.2 Å². The quantitative estimate of drug-likeness (QED) is 0.831. The van der Waals surface area contributed by atoms with Crippen molar-refractivity contribution in [1.29, 1.82) is 5.26 Å². The largest absolute Gasteiger partial charge is 0.324 e. The first-order valence-electron chi connectivity index (χ1n) is 5.65. The number of carbonyl (C=O) groups is 1. The van der Waals surface area contributed by atoms with Gasteiger partial charge in [0.05, 0.1) is 17.7 Å². The number of benzene rings is 1. The van der Waals surface area contributed by atoms with Crippen LogP contribution >= 0.6 is 0 Å². The maximum Gasteiger partial charge on any atom is 0.241 e. The highest BCUT2D eigenvalue weighted by Crippen LogP contribution is 2.16. The average molecular weight is 231 g/mol. The average Bonchev–Trinajstić information content (AvgIpc) is 2.32. The van der Waals surface area contributed by atoms with Crippen molar-refractivity contribution in [2.24, 2.45) is 5.73 Å². The Kier molecular flexibility index (Phi) is 4.68. The summed E-state index contributed by atoms with van der Waals surface area (Å²) in [6, 6.07) is 6.73. The molecule has 0 fully saturated rings. The number of anilines is 1. The molecular formula is C13H17N3O. The fraction of sp³-hybridized carbons (Fsp3) is 0.385. The maximum absolute atomic E-state index is 11.7. The second kappa shape index (κ2) is 6.02. The van der Waals surface area contributed by atoms with Crippen LogP contribution in [0.4, 0.5) is 5.69 Å². The first-order chi connectivity index (χ1) is 8.08. The number of nitrogens with one attached hydrogen (secondary N) is 1. The Morgan fingerprint density at radius 3 is 2.88 bits per heavy atom. The molecule has 0 radical (unpaired) electrons. The fourth-order valence-electron chi connectivity index (χ4n) is 1.49. The number of amides is 1. The Labute approximate surface area is 101 Å². The van der Waals surface area contributed by atoms with E-state index in [0.717, 1.165) is 12.0 Å². The number of nitrogens with zero attached hydrogens (tertiary/aromatic N) is 1. The van der Waals surface area contributed by atoms with Gasteiger partial charge < -0.3 is 11.1 Å². The van der Waals surface area contributed by atoms with Crippen molar-refractivity contribution in [3.8, 4) is 6.07 Å². The van der Waals surface area contributed by atoms with Gasteiger partial charge in [-0.05, 0) is 31.0 Å². The summed E-state index contributed by atoms with van der Waals surface area (Å²) in [6.45, 7) is 3.86. The molecule has 0 spiro atoms. The summed E-state index contributed by atoms with van der Waals surface area (Å²) in [4.78, 5) is 11.7. The third-order valence-electron chi connectivity index (χ3n) is 2.56. The van der Waals surface area contributed by atoms with Crippen LogP contribution in [0.25, 0.3) is 0 Å². The molecule has 1 amide bonds. The van der Waals surface area contributed by atoms with E-state index in [2.05, 4.69) is 5.32 Å². The van der Waals surface area contributed by atoms with Gasteiger partial charge in [0.1, 0.15) is 0 Å². The monoisotopic (exact) mass is 231 g/mol. The van der Waals surface area contributed by atoms with Crippen molar-refractivity contribution in [2.75, 3.05) is 5.32 Å². The summed E-state index contributed by atoms with van der Waals surface area (Å²) in [5.74, 6) is -0.204. The van der Waals surface area contributed by atoms with Gasteiger partial charge in [-0.25, -0.2) is 0 Å². The molecule has 0 aliphatic carbocycles. The zero-order chi connectivity index (χ0) is 12.8. The van der Waals surface area contributed by atoms with E-state index in [0.29, 0.717) is 17.7 Å². The smallest absolute Gasteiger partial charge is 0.241 e. The third kappa shape index (κ3) is 3.58. The molecule has 1 aromatic carbocycles. The molecule has 0 aromatic heterocycles. The summed E-state index contributed by atoms with van der Waals surface area (Å²) in [6.07, 6.45) is 1.52. The number of nitriles is 1. The van der Waals surface area contributed by atoms with E-state index >= 15 is 0 Å². The van der Waals surface area contributed by atoms with E-state index in [1.807, 2.05) is 19.9 Å². The predicted octanol–water partition coefficient (Wildman–Crippen LogP) is 1.93. The van der Waals surface area contributed by atoms with E-state index < -0.39 is 6.04 Å². The van der Waals surface area contributed by atoms with Crippen molar-refractivity contribution in [2.45, 2.75) is 32.7 Å². The Morgan fingerprint density at radius 1 is 1.59 bits per heavy atom. The van der Waals surface area contributed by atoms with Crippen molar-refractivity contribution < 1.29 is 4.79 Å². The van der Waals surface area contributed by atoms with Crippen LogP contribution in [0.1, 0.15) is 30.9 Å². The molecular weight excluding hydrogens is 214 g/mol. The summed E-state index contributed by atoms with van der Waals surface area (Å²) in [5.41, 5.74) is 7.81. The molecule has 1 atom stereocenters. The minimum absolute atomic E-state index is 0.204. The van der Waals surface area contributed by atoms with Crippen LogP contribution in [0.5, 0.6) is 0 Å². The van der Waals surface area contributed by atoms with Crippen LogP contribution in [-0.4, -0.2) is 11.9 Å². The molecule has 0 aliphatic heterocycles. The molecule has 1 rings (SSSR count). The van der Waals surface area contributed by atoms with E-state index in [9.17, 15) is 4.79 Å². The van der Waals surface area contributed by atoms with E-state index in [4.69, 9.17) is 11.0 Å². The Morgan fingerprint density at radius 2 is 2.29 bits per heavy atom. The molecule has 0 saturated heterocycles. The molecule has 1 aromatic rings. The van der Waals surface area contributed by atoms with Gasteiger partial charge in [-0.15, -0.1) is 0 Å². The molecule has 0 saturated carbocycles.